The van der Waals surface area contributed by atoms with Crippen LogP contribution in [0.15, 0.2) is 146 Å². The Bertz CT molecular complexity index is 2530. The van der Waals surface area contributed by atoms with Crippen molar-refractivity contribution in [3.05, 3.63) is 151 Å². The van der Waals surface area contributed by atoms with Gasteiger partial charge in [-0.3, -0.25) is 0 Å². The molecule has 0 spiro atoms. The summed E-state index contributed by atoms with van der Waals surface area (Å²) < 4.78 is 18.2. The number of ether oxygens (including phenoxy) is 2. The van der Waals surface area contributed by atoms with E-state index in [1.54, 1.807) is 0 Å². The van der Waals surface area contributed by atoms with Crippen molar-refractivity contribution in [2.45, 2.75) is 6.92 Å². The third-order valence-electron chi connectivity index (χ3n) is 10.3. The summed E-state index contributed by atoms with van der Waals surface area (Å²) in [5.74, 6) is 3.48. The van der Waals surface area contributed by atoms with Crippen LogP contribution in [0.3, 0.4) is 0 Å². The lowest BCUT2D eigenvalue weighted by Gasteiger charge is -2.33. The molecule has 0 N–H and O–H groups in total. The second kappa shape index (κ2) is 9.43. The Balaban J connectivity index is 1.11. The van der Waals surface area contributed by atoms with Crippen molar-refractivity contribution in [2.75, 3.05) is 0 Å². The summed E-state index contributed by atoms with van der Waals surface area (Å²) in [7, 11) is 0. The Morgan fingerprint density at radius 3 is 1.19 bits per heavy atom. The SMILES string of the molecule is Cc1cc2c3c(c1)Oc1cc(-n4c5ccccc5c5ccccc54)ccc1B3c1ccc(-n3c4ccccc4c4ccccc43)cc1O2. The Morgan fingerprint density at radius 2 is 0.792 bits per heavy atom. The van der Waals surface area contributed by atoms with E-state index in [1.807, 2.05) is 0 Å². The maximum absolute atomic E-state index is 6.76. The molecule has 0 bridgehead atoms. The van der Waals surface area contributed by atoms with Gasteiger partial charge in [0.1, 0.15) is 23.0 Å². The monoisotopic (exact) mass is 614 g/mol. The summed E-state index contributed by atoms with van der Waals surface area (Å²) in [5.41, 5.74) is 11.4. The van der Waals surface area contributed by atoms with E-state index in [9.17, 15) is 0 Å². The second-order valence-corrected chi connectivity index (χ2v) is 13.0. The molecule has 2 aliphatic rings. The lowest BCUT2D eigenvalue weighted by molar-refractivity contribution is 0.463. The van der Waals surface area contributed by atoms with Gasteiger partial charge in [0.05, 0.1) is 22.1 Å². The Hall–Kier alpha value is -6.20. The minimum atomic E-state index is -0.0116. The number of hydrogen-bond acceptors (Lipinski definition) is 2. The first kappa shape index (κ1) is 25.9. The van der Waals surface area contributed by atoms with Crippen molar-refractivity contribution in [3.63, 3.8) is 0 Å². The van der Waals surface area contributed by atoms with Crippen LogP contribution in [0.5, 0.6) is 23.0 Å². The number of aryl methyl sites for hydroxylation is 1. The fourth-order valence-electron chi connectivity index (χ4n) is 8.28. The van der Waals surface area contributed by atoms with Crippen LogP contribution in [0, 0.1) is 6.92 Å². The van der Waals surface area contributed by atoms with Crippen LogP contribution >= 0.6 is 0 Å². The third-order valence-corrected chi connectivity index (χ3v) is 10.3. The minimum absolute atomic E-state index is 0.0116. The summed E-state index contributed by atoms with van der Waals surface area (Å²) in [6, 6.07) is 52.2. The maximum atomic E-state index is 6.76. The molecule has 48 heavy (non-hydrogen) atoms. The number of para-hydroxylation sites is 4. The van der Waals surface area contributed by atoms with E-state index in [-0.39, 0.29) is 6.71 Å². The third kappa shape index (κ3) is 3.45. The Labute approximate surface area is 277 Å². The first-order valence-electron chi connectivity index (χ1n) is 16.5. The molecular formula is C43H27BN2O2. The predicted octanol–water partition coefficient (Wildman–Crippen LogP) is 8.92. The number of rotatable bonds is 2. The van der Waals surface area contributed by atoms with Crippen LogP contribution in [0.25, 0.3) is 55.0 Å². The fourth-order valence-corrected chi connectivity index (χ4v) is 8.28. The van der Waals surface area contributed by atoms with Gasteiger partial charge in [-0.15, -0.1) is 0 Å². The maximum Gasteiger partial charge on any atom is 0.260 e. The fraction of sp³-hybridized carbons (Fsp3) is 0.0233. The summed E-state index contributed by atoms with van der Waals surface area (Å²) >= 11 is 0. The molecule has 0 unspecified atom stereocenters. The number of benzene rings is 7. The van der Waals surface area contributed by atoms with Gasteiger partial charge in [0.2, 0.25) is 0 Å². The van der Waals surface area contributed by atoms with E-state index >= 15 is 0 Å². The van der Waals surface area contributed by atoms with Gasteiger partial charge in [0.25, 0.3) is 6.71 Å². The van der Waals surface area contributed by atoms with Crippen LogP contribution in [0.4, 0.5) is 0 Å². The molecule has 4 heterocycles. The molecule has 2 aromatic heterocycles. The van der Waals surface area contributed by atoms with Crippen LogP contribution in [-0.4, -0.2) is 15.8 Å². The summed E-state index contributed by atoms with van der Waals surface area (Å²) in [4.78, 5) is 0. The molecule has 0 radical (unpaired) electrons. The van der Waals surface area contributed by atoms with Crippen molar-refractivity contribution >= 4 is 66.7 Å². The molecule has 5 heteroatoms. The molecule has 0 saturated carbocycles. The van der Waals surface area contributed by atoms with Crippen molar-refractivity contribution in [1.29, 1.82) is 0 Å². The van der Waals surface area contributed by atoms with Crippen molar-refractivity contribution < 1.29 is 9.47 Å². The molecule has 0 fully saturated rings. The first-order valence-corrected chi connectivity index (χ1v) is 16.5. The second-order valence-electron chi connectivity index (χ2n) is 13.0. The lowest BCUT2D eigenvalue weighted by atomic mass is 9.35. The van der Waals surface area contributed by atoms with Gasteiger partial charge in [-0.2, -0.15) is 0 Å². The smallest absolute Gasteiger partial charge is 0.260 e. The number of nitrogens with zero attached hydrogens (tertiary/aromatic N) is 2. The molecule has 224 valence electrons. The van der Waals surface area contributed by atoms with Crippen LogP contribution in [0.2, 0.25) is 0 Å². The van der Waals surface area contributed by atoms with E-state index in [0.29, 0.717) is 0 Å². The summed E-state index contributed by atoms with van der Waals surface area (Å²) in [5, 5.41) is 4.98. The van der Waals surface area contributed by atoms with Gasteiger partial charge in [0.15, 0.2) is 0 Å². The zero-order valence-corrected chi connectivity index (χ0v) is 26.1. The minimum Gasteiger partial charge on any atom is -0.458 e. The van der Waals surface area contributed by atoms with E-state index in [2.05, 4.69) is 162 Å². The number of fused-ring (bicyclic) bond motifs is 10. The highest BCUT2D eigenvalue weighted by atomic mass is 16.5. The molecule has 0 amide bonds. The van der Waals surface area contributed by atoms with Gasteiger partial charge >= 0.3 is 0 Å². The van der Waals surface area contributed by atoms with Gasteiger partial charge in [-0.05, 0) is 71.9 Å². The molecule has 4 nitrogen and oxygen atoms in total. The molecule has 0 saturated heterocycles. The van der Waals surface area contributed by atoms with Crippen LogP contribution in [-0.2, 0) is 0 Å². The van der Waals surface area contributed by atoms with E-state index in [0.717, 1.165) is 56.3 Å². The van der Waals surface area contributed by atoms with Gasteiger partial charge in [0, 0.05) is 50.5 Å². The van der Waals surface area contributed by atoms with Gasteiger partial charge in [-0.1, -0.05) is 84.9 Å². The van der Waals surface area contributed by atoms with Crippen molar-refractivity contribution in [3.8, 4) is 34.4 Å². The zero-order chi connectivity index (χ0) is 31.5. The largest absolute Gasteiger partial charge is 0.458 e. The van der Waals surface area contributed by atoms with Gasteiger partial charge in [-0.25, -0.2) is 0 Å². The number of hydrogen-bond donors (Lipinski definition) is 0. The predicted molar refractivity (Wildman–Crippen MR) is 198 cm³/mol. The molecular weight excluding hydrogens is 587 g/mol. The topological polar surface area (TPSA) is 28.3 Å². The van der Waals surface area contributed by atoms with E-state index < -0.39 is 0 Å². The average Bonchev–Trinajstić information content (AvgIpc) is 3.64. The summed E-state index contributed by atoms with van der Waals surface area (Å²) in [6.45, 7) is 2.09. The lowest BCUT2D eigenvalue weighted by Crippen LogP contribution is -2.57. The number of aromatic nitrogens is 2. The Kier molecular flexibility index (Phi) is 5.09. The highest BCUT2D eigenvalue weighted by molar-refractivity contribution is 6.98. The van der Waals surface area contributed by atoms with Crippen LogP contribution < -0.4 is 25.9 Å². The molecule has 0 atom stereocenters. The molecule has 2 aliphatic heterocycles. The molecule has 0 aliphatic carbocycles. The van der Waals surface area contributed by atoms with Gasteiger partial charge < -0.3 is 18.6 Å². The Morgan fingerprint density at radius 1 is 0.417 bits per heavy atom. The quantitative estimate of drug-likeness (QED) is 0.182. The van der Waals surface area contributed by atoms with Crippen molar-refractivity contribution in [2.24, 2.45) is 0 Å². The molecule has 7 aromatic carbocycles. The van der Waals surface area contributed by atoms with Crippen LogP contribution in [0.1, 0.15) is 5.56 Å². The zero-order valence-electron chi connectivity index (χ0n) is 26.1. The van der Waals surface area contributed by atoms with Crippen molar-refractivity contribution in [1.82, 2.24) is 9.13 Å². The molecule has 9 aromatic rings. The highest BCUT2D eigenvalue weighted by Crippen LogP contribution is 2.39. The molecule has 11 rings (SSSR count). The van der Waals surface area contributed by atoms with E-state index in [1.165, 1.54) is 43.6 Å². The average molecular weight is 615 g/mol. The first-order chi connectivity index (χ1) is 23.7. The summed E-state index contributed by atoms with van der Waals surface area (Å²) in [6.07, 6.45) is 0. The van der Waals surface area contributed by atoms with E-state index in [4.69, 9.17) is 9.47 Å². The standard InChI is InChI=1S/C43H27BN2O2/c1-26-22-41-43-42(23-26)48-40-25-28(46-37-16-8-4-12-31(37)32-13-5-9-17-38(32)46)19-21-34(40)44(43)33-20-18-27(24-39(33)47-41)45-35-14-6-2-10-29(35)30-11-3-7-15-36(30)45/h2-25H,1H3. The highest BCUT2D eigenvalue weighted by Gasteiger charge is 2.40. The normalized spacial score (nSPS) is 13.0.